The number of carboxylic acids is 1. The van der Waals surface area contributed by atoms with Crippen molar-refractivity contribution in [3.8, 4) is 0 Å². The minimum atomic E-state index is -1.08. The van der Waals surface area contributed by atoms with Gasteiger partial charge in [0.25, 0.3) is 0 Å². The molecular formula is C9H12N2O3. The standard InChI is InChI=1S/C9H12N2O3/c10-6(4-5-12)7-2-1-3-8(11-7)9(13)14/h1-3,6,12H,4-5,10H2,(H,13,14)/t6-/m0/s1. The summed E-state index contributed by atoms with van der Waals surface area (Å²) in [6.07, 6.45) is 0.371. The molecule has 0 aliphatic rings. The minimum absolute atomic E-state index is 0.0316. The van der Waals surface area contributed by atoms with Gasteiger partial charge in [0.15, 0.2) is 0 Å². The number of rotatable bonds is 4. The lowest BCUT2D eigenvalue weighted by atomic mass is 10.1. The fourth-order valence-electron chi connectivity index (χ4n) is 1.06. The maximum atomic E-state index is 10.6. The molecule has 0 bridgehead atoms. The van der Waals surface area contributed by atoms with Crippen LogP contribution in [0.4, 0.5) is 0 Å². The SMILES string of the molecule is N[C@@H](CCO)c1cccc(C(=O)O)n1. The number of pyridine rings is 1. The number of aromatic nitrogens is 1. The summed E-state index contributed by atoms with van der Waals surface area (Å²) in [4.78, 5) is 14.4. The Kier molecular flexibility index (Phi) is 3.55. The van der Waals surface area contributed by atoms with Crippen LogP contribution in [0, 0.1) is 0 Å². The van der Waals surface area contributed by atoms with E-state index >= 15 is 0 Å². The Morgan fingerprint density at radius 3 is 2.86 bits per heavy atom. The molecule has 1 heterocycles. The van der Waals surface area contributed by atoms with E-state index in [1.54, 1.807) is 12.1 Å². The number of hydrogen-bond donors (Lipinski definition) is 3. The van der Waals surface area contributed by atoms with E-state index in [1.807, 2.05) is 0 Å². The smallest absolute Gasteiger partial charge is 0.354 e. The van der Waals surface area contributed by atoms with Crippen LogP contribution in [-0.4, -0.2) is 27.8 Å². The first-order valence-electron chi connectivity index (χ1n) is 4.22. The van der Waals surface area contributed by atoms with Crippen molar-refractivity contribution < 1.29 is 15.0 Å². The van der Waals surface area contributed by atoms with Crippen LogP contribution in [0.2, 0.25) is 0 Å². The largest absolute Gasteiger partial charge is 0.477 e. The third-order valence-electron chi connectivity index (χ3n) is 1.81. The zero-order chi connectivity index (χ0) is 10.6. The van der Waals surface area contributed by atoms with Crippen LogP contribution in [0.15, 0.2) is 18.2 Å². The molecule has 14 heavy (non-hydrogen) atoms. The van der Waals surface area contributed by atoms with Crippen LogP contribution in [0.3, 0.4) is 0 Å². The Labute approximate surface area is 81.2 Å². The van der Waals surface area contributed by atoms with Crippen LogP contribution < -0.4 is 5.73 Å². The molecule has 1 aromatic rings. The highest BCUT2D eigenvalue weighted by atomic mass is 16.4. The number of carboxylic acid groups (broad SMARTS) is 1. The molecule has 0 amide bonds. The Morgan fingerprint density at radius 1 is 1.57 bits per heavy atom. The Balaban J connectivity index is 2.87. The highest BCUT2D eigenvalue weighted by Crippen LogP contribution is 2.11. The zero-order valence-corrected chi connectivity index (χ0v) is 7.55. The molecule has 4 N–H and O–H groups in total. The predicted molar refractivity (Wildman–Crippen MR) is 49.8 cm³/mol. The molecule has 5 nitrogen and oxygen atoms in total. The van der Waals surface area contributed by atoms with Gasteiger partial charge in [-0.05, 0) is 18.6 Å². The Morgan fingerprint density at radius 2 is 2.29 bits per heavy atom. The summed E-state index contributed by atoms with van der Waals surface area (Å²) in [6, 6.07) is 4.21. The molecule has 1 atom stereocenters. The van der Waals surface area contributed by atoms with Crippen LogP contribution in [0.25, 0.3) is 0 Å². The van der Waals surface area contributed by atoms with Gasteiger partial charge >= 0.3 is 5.97 Å². The minimum Gasteiger partial charge on any atom is -0.477 e. The van der Waals surface area contributed by atoms with Crippen molar-refractivity contribution in [2.45, 2.75) is 12.5 Å². The highest BCUT2D eigenvalue weighted by molar-refractivity contribution is 5.85. The molecule has 1 aromatic heterocycles. The van der Waals surface area contributed by atoms with Gasteiger partial charge in [-0.3, -0.25) is 0 Å². The van der Waals surface area contributed by atoms with Crippen molar-refractivity contribution in [3.05, 3.63) is 29.6 Å². The van der Waals surface area contributed by atoms with E-state index in [0.717, 1.165) is 0 Å². The first-order valence-corrected chi connectivity index (χ1v) is 4.22. The molecule has 0 aliphatic heterocycles. The van der Waals surface area contributed by atoms with Gasteiger partial charge in [-0.1, -0.05) is 6.07 Å². The summed E-state index contributed by atoms with van der Waals surface area (Å²) < 4.78 is 0. The molecule has 0 saturated carbocycles. The van der Waals surface area contributed by atoms with E-state index in [0.29, 0.717) is 12.1 Å². The van der Waals surface area contributed by atoms with Gasteiger partial charge in [0.2, 0.25) is 0 Å². The van der Waals surface area contributed by atoms with E-state index in [1.165, 1.54) is 6.07 Å². The lowest BCUT2D eigenvalue weighted by Gasteiger charge is -2.09. The third-order valence-corrected chi connectivity index (χ3v) is 1.81. The summed E-state index contributed by atoms with van der Waals surface area (Å²) in [5.74, 6) is -1.08. The summed E-state index contributed by atoms with van der Waals surface area (Å²) in [5, 5.41) is 17.3. The van der Waals surface area contributed by atoms with E-state index in [-0.39, 0.29) is 12.3 Å². The molecule has 0 saturated heterocycles. The van der Waals surface area contributed by atoms with Crippen LogP contribution >= 0.6 is 0 Å². The van der Waals surface area contributed by atoms with Gasteiger partial charge < -0.3 is 15.9 Å². The summed E-state index contributed by atoms with van der Waals surface area (Å²) >= 11 is 0. The second-order valence-electron chi connectivity index (χ2n) is 2.87. The van der Waals surface area contributed by atoms with Gasteiger partial charge in [-0.25, -0.2) is 9.78 Å². The molecule has 0 unspecified atom stereocenters. The second-order valence-corrected chi connectivity index (χ2v) is 2.87. The van der Waals surface area contributed by atoms with Gasteiger partial charge in [0.05, 0.1) is 5.69 Å². The highest BCUT2D eigenvalue weighted by Gasteiger charge is 2.10. The number of nitrogens with two attached hydrogens (primary N) is 1. The Bertz CT molecular complexity index is 328. The predicted octanol–water partition coefficient (Wildman–Crippen LogP) is 0.162. The van der Waals surface area contributed by atoms with Crippen molar-refractivity contribution in [1.29, 1.82) is 0 Å². The fourth-order valence-corrected chi connectivity index (χ4v) is 1.06. The molecule has 0 fully saturated rings. The second kappa shape index (κ2) is 4.69. The molecule has 5 heteroatoms. The molecule has 0 spiro atoms. The van der Waals surface area contributed by atoms with Crippen molar-refractivity contribution >= 4 is 5.97 Å². The summed E-state index contributed by atoms with van der Waals surface area (Å²) in [5.41, 5.74) is 6.11. The van der Waals surface area contributed by atoms with Crippen molar-refractivity contribution in [3.63, 3.8) is 0 Å². The molecule has 0 radical (unpaired) electrons. The first kappa shape index (κ1) is 10.6. The third kappa shape index (κ3) is 2.51. The van der Waals surface area contributed by atoms with Gasteiger partial charge in [-0.2, -0.15) is 0 Å². The van der Waals surface area contributed by atoms with Crippen molar-refractivity contribution in [2.24, 2.45) is 5.73 Å². The number of aliphatic hydroxyl groups excluding tert-OH is 1. The normalized spacial score (nSPS) is 12.4. The van der Waals surface area contributed by atoms with Crippen molar-refractivity contribution in [2.75, 3.05) is 6.61 Å². The number of carbonyl (C=O) groups is 1. The average molecular weight is 196 g/mol. The molecule has 1 rings (SSSR count). The maximum Gasteiger partial charge on any atom is 0.354 e. The summed E-state index contributed by atoms with van der Waals surface area (Å²) in [7, 11) is 0. The maximum absolute atomic E-state index is 10.6. The van der Waals surface area contributed by atoms with Gasteiger partial charge in [0, 0.05) is 12.6 Å². The van der Waals surface area contributed by atoms with Crippen molar-refractivity contribution in [1.82, 2.24) is 4.98 Å². The van der Waals surface area contributed by atoms with E-state index < -0.39 is 12.0 Å². The van der Waals surface area contributed by atoms with Crippen LogP contribution in [0.5, 0.6) is 0 Å². The molecular weight excluding hydrogens is 184 g/mol. The van der Waals surface area contributed by atoms with Crippen LogP contribution in [-0.2, 0) is 0 Å². The average Bonchev–Trinajstić information content (AvgIpc) is 2.18. The quantitative estimate of drug-likeness (QED) is 0.637. The monoisotopic (exact) mass is 196 g/mol. The van der Waals surface area contributed by atoms with E-state index in [2.05, 4.69) is 4.98 Å². The number of nitrogens with zero attached hydrogens (tertiary/aromatic N) is 1. The summed E-state index contributed by atoms with van der Waals surface area (Å²) in [6.45, 7) is -0.0415. The lowest BCUT2D eigenvalue weighted by Crippen LogP contribution is -2.15. The lowest BCUT2D eigenvalue weighted by molar-refractivity contribution is 0.0690. The topological polar surface area (TPSA) is 96.4 Å². The van der Waals surface area contributed by atoms with Crippen LogP contribution in [0.1, 0.15) is 28.6 Å². The Hall–Kier alpha value is -1.46. The van der Waals surface area contributed by atoms with E-state index in [9.17, 15) is 4.79 Å². The number of aliphatic hydroxyl groups is 1. The first-order chi connectivity index (χ1) is 6.65. The van der Waals surface area contributed by atoms with Gasteiger partial charge in [-0.15, -0.1) is 0 Å². The zero-order valence-electron chi connectivity index (χ0n) is 7.55. The molecule has 76 valence electrons. The fraction of sp³-hybridized carbons (Fsp3) is 0.333. The number of aromatic carboxylic acids is 1. The number of hydrogen-bond acceptors (Lipinski definition) is 4. The van der Waals surface area contributed by atoms with E-state index in [4.69, 9.17) is 15.9 Å². The van der Waals surface area contributed by atoms with Gasteiger partial charge in [0.1, 0.15) is 5.69 Å². The molecule has 0 aromatic carbocycles. The molecule has 0 aliphatic carbocycles.